The molecule has 0 aliphatic rings. The van der Waals surface area contributed by atoms with Crippen molar-refractivity contribution in [3.8, 4) is 0 Å². The van der Waals surface area contributed by atoms with E-state index in [0.29, 0.717) is 26.0 Å². The fourth-order valence-corrected chi connectivity index (χ4v) is 6.40. The zero-order chi connectivity index (χ0) is 45.2. The number of aliphatic carboxylic acids is 2. The molecule has 0 heterocycles. The number of Topliss-reactive ketones (excluding diaryl/α,β-unsaturated/α-hetero) is 2. The Morgan fingerprint density at radius 2 is 0.951 bits per heavy atom. The van der Waals surface area contributed by atoms with Gasteiger partial charge < -0.3 is 50.4 Å². The predicted molar refractivity (Wildman–Crippen MR) is 231 cm³/mol. The highest BCUT2D eigenvalue weighted by Crippen LogP contribution is 2.14. The third-order valence-corrected chi connectivity index (χ3v) is 9.99. The summed E-state index contributed by atoms with van der Waals surface area (Å²) in [6.07, 6.45) is 18.8. The van der Waals surface area contributed by atoms with Crippen LogP contribution in [0.5, 0.6) is 0 Å². The normalized spacial score (nSPS) is 12.1. The number of hydrogen-bond acceptors (Lipinski definition) is 12. The van der Waals surface area contributed by atoms with E-state index in [1.165, 1.54) is 44.9 Å². The summed E-state index contributed by atoms with van der Waals surface area (Å²) in [5, 5.41) is 29.2. The summed E-state index contributed by atoms with van der Waals surface area (Å²) in [6.45, 7) is 3.68. The van der Waals surface area contributed by atoms with Crippen LogP contribution in [0.4, 0.5) is 0 Å². The monoisotopic (exact) mass is 873 g/mol. The van der Waals surface area contributed by atoms with Crippen LogP contribution in [0, 0.1) is 0 Å². The standard InChI is InChI=1S/C44H80N4O13/c1-36(49)38(45-2)21-17-18-26-46-41(52)34-61-33-31-59-29-27-47-42(53)35-60-32-30-58-28-19-20-37(50)24-25-39(44(56)57)48-40(51)22-15-13-11-9-7-5-3-4-6-8-10-12-14-16-23-43(54)55/h38-39,45H,3-35H2,1-2H3,(H,46,52)(H,47,53)(H,48,51)(H,54,55)(H,56,57). The van der Waals surface area contributed by atoms with Gasteiger partial charge in [0.15, 0.2) is 0 Å². The van der Waals surface area contributed by atoms with E-state index in [1.807, 2.05) is 0 Å². The molecule has 3 amide bonds. The van der Waals surface area contributed by atoms with Gasteiger partial charge in [0.25, 0.3) is 0 Å². The summed E-state index contributed by atoms with van der Waals surface area (Å²) < 4.78 is 21.4. The lowest BCUT2D eigenvalue weighted by molar-refractivity contribution is -0.142. The fourth-order valence-electron chi connectivity index (χ4n) is 6.40. The van der Waals surface area contributed by atoms with Crippen LogP contribution in [0.15, 0.2) is 0 Å². The van der Waals surface area contributed by atoms with Crippen molar-refractivity contribution in [2.45, 2.75) is 167 Å². The van der Waals surface area contributed by atoms with Crippen LogP contribution >= 0.6 is 0 Å². The molecule has 0 aliphatic carbocycles. The molecule has 6 N–H and O–H groups in total. The molecule has 2 unspecified atom stereocenters. The van der Waals surface area contributed by atoms with Crippen LogP contribution < -0.4 is 21.3 Å². The molecule has 17 heteroatoms. The summed E-state index contributed by atoms with van der Waals surface area (Å²) in [7, 11) is 1.76. The van der Waals surface area contributed by atoms with Gasteiger partial charge in [0.05, 0.1) is 39.1 Å². The minimum atomic E-state index is -1.16. The van der Waals surface area contributed by atoms with Crippen molar-refractivity contribution in [2.24, 2.45) is 0 Å². The maximum Gasteiger partial charge on any atom is 0.326 e. The molecule has 0 spiro atoms. The minimum absolute atomic E-state index is 0.0367. The Labute approximate surface area is 364 Å². The SMILES string of the molecule is CNC(CCCCNC(=O)COCCOCCNC(=O)COCCOCCCC(=O)CCC(NC(=O)CCCCCCCCCCCCCCCCC(=O)O)C(=O)O)C(C)=O. The summed E-state index contributed by atoms with van der Waals surface area (Å²) in [5.74, 6) is -2.70. The van der Waals surface area contributed by atoms with Crippen LogP contribution in [-0.4, -0.2) is 137 Å². The van der Waals surface area contributed by atoms with Gasteiger partial charge in [-0.05, 0) is 58.9 Å². The average molecular weight is 873 g/mol. The van der Waals surface area contributed by atoms with E-state index in [2.05, 4.69) is 21.3 Å². The molecule has 0 aromatic rings. The molecule has 0 aliphatic heterocycles. The Kier molecular flexibility index (Phi) is 39.4. The highest BCUT2D eigenvalue weighted by Gasteiger charge is 2.21. The van der Waals surface area contributed by atoms with Crippen molar-refractivity contribution >= 4 is 41.2 Å². The quantitative estimate of drug-likeness (QED) is 0.0456. The smallest absolute Gasteiger partial charge is 0.326 e. The van der Waals surface area contributed by atoms with Gasteiger partial charge in [0.2, 0.25) is 17.7 Å². The lowest BCUT2D eigenvalue weighted by Gasteiger charge is -2.14. The van der Waals surface area contributed by atoms with Gasteiger partial charge in [0.1, 0.15) is 30.8 Å². The highest BCUT2D eigenvalue weighted by atomic mass is 16.5. The zero-order valence-corrected chi connectivity index (χ0v) is 37.4. The van der Waals surface area contributed by atoms with Gasteiger partial charge >= 0.3 is 11.9 Å². The third kappa shape index (κ3) is 40.3. The molecule has 0 fully saturated rings. The molecule has 0 saturated carbocycles. The van der Waals surface area contributed by atoms with E-state index < -0.39 is 18.0 Å². The number of carboxylic acid groups (broad SMARTS) is 2. The Balaban J connectivity index is 3.65. The topological polar surface area (TPSA) is 245 Å². The number of carbonyl (C=O) groups is 7. The first-order valence-electron chi connectivity index (χ1n) is 22.7. The first-order chi connectivity index (χ1) is 29.5. The number of amides is 3. The average Bonchev–Trinajstić information content (AvgIpc) is 3.22. The van der Waals surface area contributed by atoms with Crippen molar-refractivity contribution in [3.63, 3.8) is 0 Å². The molecule has 61 heavy (non-hydrogen) atoms. The zero-order valence-electron chi connectivity index (χ0n) is 37.4. The number of ketones is 2. The molecule has 2 atom stereocenters. The first-order valence-corrected chi connectivity index (χ1v) is 22.7. The maximum absolute atomic E-state index is 12.3. The summed E-state index contributed by atoms with van der Waals surface area (Å²) in [4.78, 5) is 82.0. The van der Waals surface area contributed by atoms with Gasteiger partial charge in [-0.25, -0.2) is 4.79 Å². The summed E-state index contributed by atoms with van der Waals surface area (Å²) >= 11 is 0. The number of rotatable bonds is 46. The summed E-state index contributed by atoms with van der Waals surface area (Å²) in [6, 6.07) is -1.25. The molecular weight excluding hydrogens is 792 g/mol. The first kappa shape index (κ1) is 57.5. The van der Waals surface area contributed by atoms with Crippen LogP contribution in [-0.2, 0) is 52.5 Å². The van der Waals surface area contributed by atoms with E-state index in [0.717, 1.165) is 57.8 Å². The van der Waals surface area contributed by atoms with E-state index in [4.69, 9.17) is 24.1 Å². The second-order valence-corrected chi connectivity index (χ2v) is 15.5. The van der Waals surface area contributed by atoms with Crippen molar-refractivity contribution in [3.05, 3.63) is 0 Å². The van der Waals surface area contributed by atoms with Crippen molar-refractivity contribution in [2.75, 3.05) is 73.0 Å². The molecule has 0 rings (SSSR count). The van der Waals surface area contributed by atoms with Gasteiger partial charge in [-0.2, -0.15) is 0 Å². The minimum Gasteiger partial charge on any atom is -0.481 e. The van der Waals surface area contributed by atoms with Crippen LogP contribution in [0.3, 0.4) is 0 Å². The van der Waals surface area contributed by atoms with Crippen LogP contribution in [0.2, 0.25) is 0 Å². The lowest BCUT2D eigenvalue weighted by Crippen LogP contribution is -2.41. The van der Waals surface area contributed by atoms with E-state index in [-0.39, 0.29) is 120 Å². The van der Waals surface area contributed by atoms with E-state index in [1.54, 1.807) is 14.0 Å². The number of carbonyl (C=O) groups excluding carboxylic acids is 5. The van der Waals surface area contributed by atoms with Crippen molar-refractivity contribution < 1.29 is 62.7 Å². The number of ether oxygens (including phenoxy) is 4. The van der Waals surface area contributed by atoms with Crippen molar-refractivity contribution in [1.29, 1.82) is 0 Å². The van der Waals surface area contributed by atoms with E-state index >= 15 is 0 Å². The Morgan fingerprint density at radius 1 is 0.459 bits per heavy atom. The molecule has 0 bridgehead atoms. The van der Waals surface area contributed by atoms with Crippen molar-refractivity contribution in [1.82, 2.24) is 21.3 Å². The predicted octanol–water partition coefficient (Wildman–Crippen LogP) is 4.66. The largest absolute Gasteiger partial charge is 0.481 e. The molecular formula is C44H80N4O13. The third-order valence-electron chi connectivity index (χ3n) is 9.99. The number of hydrogen-bond donors (Lipinski definition) is 6. The molecule has 0 radical (unpaired) electrons. The fraction of sp³-hybridized carbons (Fsp3) is 0.841. The van der Waals surface area contributed by atoms with Gasteiger partial charge in [-0.15, -0.1) is 0 Å². The van der Waals surface area contributed by atoms with Gasteiger partial charge in [-0.3, -0.25) is 28.8 Å². The Hall–Kier alpha value is -3.51. The lowest BCUT2D eigenvalue weighted by atomic mass is 10.0. The van der Waals surface area contributed by atoms with Crippen LogP contribution in [0.1, 0.15) is 155 Å². The number of nitrogens with one attached hydrogen (secondary N) is 4. The Morgan fingerprint density at radius 3 is 1.46 bits per heavy atom. The highest BCUT2D eigenvalue weighted by molar-refractivity contribution is 5.85. The number of carboxylic acids is 2. The molecule has 17 nitrogen and oxygen atoms in total. The molecule has 0 aromatic carbocycles. The molecule has 0 saturated heterocycles. The van der Waals surface area contributed by atoms with Crippen LogP contribution in [0.25, 0.3) is 0 Å². The van der Waals surface area contributed by atoms with E-state index in [9.17, 15) is 38.7 Å². The number of likely N-dealkylation sites (N-methyl/N-ethyl adjacent to an activating group) is 1. The van der Waals surface area contributed by atoms with Gasteiger partial charge in [-0.1, -0.05) is 77.0 Å². The maximum atomic E-state index is 12.3. The second kappa shape index (κ2) is 41.8. The summed E-state index contributed by atoms with van der Waals surface area (Å²) in [5.41, 5.74) is 0. The molecule has 354 valence electrons. The second-order valence-electron chi connectivity index (χ2n) is 15.5. The Bertz CT molecular complexity index is 1190. The number of unbranched alkanes of at least 4 members (excludes halogenated alkanes) is 14. The van der Waals surface area contributed by atoms with Gasteiger partial charge in [0, 0.05) is 45.4 Å². The molecule has 0 aromatic heterocycles.